The fourth-order valence-corrected chi connectivity index (χ4v) is 3.25. The minimum absolute atomic E-state index is 0.682. The van der Waals surface area contributed by atoms with E-state index in [1.807, 2.05) is 0 Å². The van der Waals surface area contributed by atoms with E-state index in [2.05, 4.69) is 41.4 Å². The summed E-state index contributed by atoms with van der Waals surface area (Å²) in [7, 11) is 0. The van der Waals surface area contributed by atoms with Gasteiger partial charge in [0.2, 0.25) is 0 Å². The number of hydrogen-bond donors (Lipinski definition) is 1. The molecule has 3 rings (SSSR count). The minimum Gasteiger partial charge on any atom is -0.368 e. The standard InChI is InChI=1S/C15H22N2/c1-12-10-14-4-2-3-5-15(14)17(12)9-7-13-6-8-16-11-13/h2-5,12-13,16H,6-11H2,1H3. The Kier molecular flexibility index (Phi) is 3.06. The molecular weight excluding hydrogens is 208 g/mol. The second-order valence-electron chi connectivity index (χ2n) is 5.52. The van der Waals surface area contributed by atoms with Gasteiger partial charge in [-0.3, -0.25) is 0 Å². The van der Waals surface area contributed by atoms with Crippen molar-refractivity contribution in [1.29, 1.82) is 0 Å². The molecule has 1 fully saturated rings. The van der Waals surface area contributed by atoms with E-state index in [4.69, 9.17) is 0 Å². The summed E-state index contributed by atoms with van der Waals surface area (Å²) >= 11 is 0. The van der Waals surface area contributed by atoms with Crippen LogP contribution < -0.4 is 10.2 Å². The maximum absolute atomic E-state index is 3.46. The highest BCUT2D eigenvalue weighted by Crippen LogP contribution is 2.32. The second-order valence-corrected chi connectivity index (χ2v) is 5.52. The van der Waals surface area contributed by atoms with Crippen LogP contribution in [0.3, 0.4) is 0 Å². The van der Waals surface area contributed by atoms with Crippen LogP contribution in [0.5, 0.6) is 0 Å². The lowest BCUT2D eigenvalue weighted by atomic mass is 10.0. The molecule has 0 spiro atoms. The molecule has 1 saturated heterocycles. The van der Waals surface area contributed by atoms with Crippen LogP contribution in [0.25, 0.3) is 0 Å². The van der Waals surface area contributed by atoms with Gasteiger partial charge < -0.3 is 10.2 Å². The number of para-hydroxylation sites is 1. The molecule has 1 N–H and O–H groups in total. The van der Waals surface area contributed by atoms with Crippen molar-refractivity contribution in [3.63, 3.8) is 0 Å². The van der Waals surface area contributed by atoms with Crippen LogP contribution in [0.1, 0.15) is 25.3 Å². The van der Waals surface area contributed by atoms with Gasteiger partial charge in [-0.1, -0.05) is 18.2 Å². The molecule has 0 saturated carbocycles. The van der Waals surface area contributed by atoms with Crippen LogP contribution >= 0.6 is 0 Å². The molecule has 2 atom stereocenters. The largest absolute Gasteiger partial charge is 0.368 e. The van der Waals surface area contributed by atoms with E-state index in [1.54, 1.807) is 0 Å². The van der Waals surface area contributed by atoms with E-state index in [9.17, 15) is 0 Å². The third kappa shape index (κ3) is 2.19. The first kappa shape index (κ1) is 11.1. The highest BCUT2D eigenvalue weighted by molar-refractivity contribution is 5.59. The van der Waals surface area contributed by atoms with Crippen molar-refractivity contribution in [2.24, 2.45) is 5.92 Å². The Hall–Kier alpha value is -1.02. The molecule has 0 aromatic heterocycles. The van der Waals surface area contributed by atoms with Crippen LogP contribution in [0.15, 0.2) is 24.3 Å². The molecule has 0 bridgehead atoms. The number of benzene rings is 1. The van der Waals surface area contributed by atoms with Gasteiger partial charge in [-0.15, -0.1) is 0 Å². The zero-order valence-corrected chi connectivity index (χ0v) is 10.7. The molecular formula is C15H22N2. The SMILES string of the molecule is CC1Cc2ccccc2N1CCC1CCNC1. The molecule has 2 aliphatic heterocycles. The van der Waals surface area contributed by atoms with Gasteiger partial charge in [0.1, 0.15) is 0 Å². The Morgan fingerprint density at radius 3 is 3.06 bits per heavy atom. The van der Waals surface area contributed by atoms with Gasteiger partial charge in [-0.25, -0.2) is 0 Å². The van der Waals surface area contributed by atoms with Crippen LogP contribution in [0.2, 0.25) is 0 Å². The minimum atomic E-state index is 0.682. The van der Waals surface area contributed by atoms with E-state index >= 15 is 0 Å². The lowest BCUT2D eigenvalue weighted by Crippen LogP contribution is -2.31. The molecule has 92 valence electrons. The Labute approximate surface area is 104 Å². The van der Waals surface area contributed by atoms with E-state index in [-0.39, 0.29) is 0 Å². The van der Waals surface area contributed by atoms with Gasteiger partial charge in [0.25, 0.3) is 0 Å². The molecule has 0 aliphatic carbocycles. The average Bonchev–Trinajstić information content (AvgIpc) is 2.93. The van der Waals surface area contributed by atoms with Gasteiger partial charge in [-0.05, 0) is 56.8 Å². The van der Waals surface area contributed by atoms with Crippen molar-refractivity contribution < 1.29 is 0 Å². The molecule has 17 heavy (non-hydrogen) atoms. The number of fused-ring (bicyclic) bond motifs is 1. The molecule has 2 nitrogen and oxygen atoms in total. The second kappa shape index (κ2) is 4.69. The molecule has 0 radical (unpaired) electrons. The molecule has 2 unspecified atom stereocenters. The fourth-order valence-electron chi connectivity index (χ4n) is 3.25. The van der Waals surface area contributed by atoms with Crippen molar-refractivity contribution in [3.05, 3.63) is 29.8 Å². The predicted octanol–water partition coefficient (Wildman–Crippen LogP) is 2.44. The van der Waals surface area contributed by atoms with Crippen LogP contribution in [0, 0.1) is 5.92 Å². The molecule has 2 aliphatic rings. The molecule has 1 aromatic carbocycles. The van der Waals surface area contributed by atoms with E-state index in [1.165, 1.54) is 50.1 Å². The summed E-state index contributed by atoms with van der Waals surface area (Å²) in [6, 6.07) is 9.58. The Bertz CT molecular complexity index is 382. The van der Waals surface area contributed by atoms with Crippen LogP contribution in [0.4, 0.5) is 5.69 Å². The van der Waals surface area contributed by atoms with Gasteiger partial charge in [0.05, 0.1) is 0 Å². The fraction of sp³-hybridized carbons (Fsp3) is 0.600. The molecule has 1 aromatic rings. The molecule has 0 amide bonds. The smallest absolute Gasteiger partial charge is 0.0402 e. The number of nitrogens with one attached hydrogen (secondary N) is 1. The third-order valence-electron chi connectivity index (χ3n) is 4.29. The number of rotatable bonds is 3. The summed E-state index contributed by atoms with van der Waals surface area (Å²) in [5.41, 5.74) is 3.01. The maximum atomic E-state index is 3.46. The lowest BCUT2D eigenvalue weighted by Gasteiger charge is -2.26. The Balaban J connectivity index is 1.66. The highest BCUT2D eigenvalue weighted by atomic mass is 15.2. The van der Waals surface area contributed by atoms with E-state index in [0.29, 0.717) is 6.04 Å². The zero-order valence-electron chi connectivity index (χ0n) is 10.7. The monoisotopic (exact) mass is 230 g/mol. The predicted molar refractivity (Wildman–Crippen MR) is 72.5 cm³/mol. The van der Waals surface area contributed by atoms with Gasteiger partial charge >= 0.3 is 0 Å². The number of nitrogens with zero attached hydrogens (tertiary/aromatic N) is 1. The van der Waals surface area contributed by atoms with Gasteiger partial charge in [0, 0.05) is 18.3 Å². The number of anilines is 1. The van der Waals surface area contributed by atoms with Crippen molar-refractivity contribution in [1.82, 2.24) is 5.32 Å². The summed E-state index contributed by atoms with van der Waals surface area (Å²) < 4.78 is 0. The van der Waals surface area contributed by atoms with Gasteiger partial charge in [0.15, 0.2) is 0 Å². The van der Waals surface area contributed by atoms with E-state index < -0.39 is 0 Å². The number of hydrogen-bond acceptors (Lipinski definition) is 2. The summed E-state index contributed by atoms with van der Waals surface area (Å²) in [5, 5.41) is 3.46. The summed E-state index contributed by atoms with van der Waals surface area (Å²) in [4.78, 5) is 2.60. The van der Waals surface area contributed by atoms with Crippen LogP contribution in [-0.4, -0.2) is 25.7 Å². The first-order valence-corrected chi connectivity index (χ1v) is 6.90. The average molecular weight is 230 g/mol. The zero-order chi connectivity index (χ0) is 11.7. The topological polar surface area (TPSA) is 15.3 Å². The molecule has 2 heterocycles. The summed E-state index contributed by atoms with van der Waals surface area (Å²) in [6.07, 6.45) is 3.93. The Morgan fingerprint density at radius 1 is 1.35 bits per heavy atom. The first-order valence-electron chi connectivity index (χ1n) is 6.90. The van der Waals surface area contributed by atoms with Crippen molar-refractivity contribution in [2.45, 2.75) is 32.2 Å². The first-order chi connectivity index (χ1) is 8.34. The van der Waals surface area contributed by atoms with Crippen LogP contribution in [-0.2, 0) is 6.42 Å². The lowest BCUT2D eigenvalue weighted by molar-refractivity contribution is 0.513. The Morgan fingerprint density at radius 2 is 2.24 bits per heavy atom. The van der Waals surface area contributed by atoms with E-state index in [0.717, 1.165) is 5.92 Å². The molecule has 2 heteroatoms. The van der Waals surface area contributed by atoms with Crippen molar-refractivity contribution in [2.75, 3.05) is 24.5 Å². The highest BCUT2D eigenvalue weighted by Gasteiger charge is 2.26. The van der Waals surface area contributed by atoms with Gasteiger partial charge in [-0.2, -0.15) is 0 Å². The maximum Gasteiger partial charge on any atom is 0.0402 e. The third-order valence-corrected chi connectivity index (χ3v) is 4.29. The quantitative estimate of drug-likeness (QED) is 0.858. The van der Waals surface area contributed by atoms with Crippen molar-refractivity contribution in [3.8, 4) is 0 Å². The summed E-state index contributed by atoms with van der Waals surface area (Å²) in [5.74, 6) is 0.898. The normalized spacial score (nSPS) is 27.5. The summed E-state index contributed by atoms with van der Waals surface area (Å²) in [6.45, 7) is 6.03. The van der Waals surface area contributed by atoms with Crippen molar-refractivity contribution >= 4 is 5.69 Å².